The summed E-state index contributed by atoms with van der Waals surface area (Å²) in [5.74, 6) is 5.93. The van der Waals surface area contributed by atoms with Gasteiger partial charge >= 0.3 is 6.18 Å². The van der Waals surface area contributed by atoms with Crippen molar-refractivity contribution in [2.75, 3.05) is 13.1 Å². The summed E-state index contributed by atoms with van der Waals surface area (Å²) in [4.78, 5) is 0. The fourth-order valence-electron chi connectivity index (χ4n) is 2.06. The summed E-state index contributed by atoms with van der Waals surface area (Å²) in [5.41, 5.74) is 7.43. The summed E-state index contributed by atoms with van der Waals surface area (Å²) < 4.78 is 37.4. The molecular formula is C13H17F3N4. The van der Waals surface area contributed by atoms with Crippen LogP contribution in [0.1, 0.15) is 17.5 Å². The maximum Gasteiger partial charge on any atom is 0.416 e. The standard InChI is InChI=1S/C13H17F3N4/c14-13(15,16)10-3-1-9(2-4-10)8-20(18)12-7-19-6-5-11(12)17/h1-4,19H,5-8,17-18H2. The van der Waals surface area contributed by atoms with Gasteiger partial charge in [0.2, 0.25) is 0 Å². The third-order valence-corrected chi connectivity index (χ3v) is 3.22. The number of nitrogens with two attached hydrogens (primary N) is 2. The second-order valence-electron chi connectivity index (χ2n) is 4.72. The molecule has 1 aromatic carbocycles. The van der Waals surface area contributed by atoms with Crippen LogP contribution in [-0.4, -0.2) is 18.1 Å². The van der Waals surface area contributed by atoms with Gasteiger partial charge in [-0.25, -0.2) is 5.84 Å². The Bertz CT molecular complexity index is 493. The van der Waals surface area contributed by atoms with Crippen molar-refractivity contribution in [3.05, 3.63) is 46.8 Å². The minimum atomic E-state index is -4.32. The van der Waals surface area contributed by atoms with Crippen molar-refractivity contribution in [2.45, 2.75) is 19.1 Å². The van der Waals surface area contributed by atoms with Crippen LogP contribution < -0.4 is 16.9 Å². The van der Waals surface area contributed by atoms with Gasteiger partial charge in [-0.1, -0.05) is 12.1 Å². The van der Waals surface area contributed by atoms with Gasteiger partial charge in [0.25, 0.3) is 0 Å². The second kappa shape index (κ2) is 5.72. The third-order valence-electron chi connectivity index (χ3n) is 3.22. The molecule has 0 bridgehead atoms. The summed E-state index contributed by atoms with van der Waals surface area (Å²) >= 11 is 0. The lowest BCUT2D eigenvalue weighted by Crippen LogP contribution is -2.40. The Morgan fingerprint density at radius 3 is 2.40 bits per heavy atom. The van der Waals surface area contributed by atoms with Crippen molar-refractivity contribution in [3.63, 3.8) is 0 Å². The molecule has 1 aromatic rings. The molecule has 2 rings (SSSR count). The second-order valence-corrected chi connectivity index (χ2v) is 4.72. The normalized spacial score (nSPS) is 16.4. The monoisotopic (exact) mass is 286 g/mol. The Morgan fingerprint density at radius 1 is 1.20 bits per heavy atom. The first-order valence-corrected chi connectivity index (χ1v) is 6.24. The summed E-state index contributed by atoms with van der Waals surface area (Å²) in [7, 11) is 0. The van der Waals surface area contributed by atoms with E-state index in [0.717, 1.165) is 36.5 Å². The molecule has 0 aromatic heterocycles. The molecule has 0 radical (unpaired) electrons. The minimum Gasteiger partial charge on any atom is -0.401 e. The number of halogens is 3. The van der Waals surface area contributed by atoms with Crippen molar-refractivity contribution >= 4 is 0 Å². The fourth-order valence-corrected chi connectivity index (χ4v) is 2.06. The predicted molar refractivity (Wildman–Crippen MR) is 69.9 cm³/mol. The largest absolute Gasteiger partial charge is 0.416 e. The van der Waals surface area contributed by atoms with E-state index >= 15 is 0 Å². The van der Waals surface area contributed by atoms with Gasteiger partial charge in [-0.05, 0) is 17.7 Å². The first kappa shape index (κ1) is 14.7. The molecule has 20 heavy (non-hydrogen) atoms. The van der Waals surface area contributed by atoms with E-state index in [2.05, 4.69) is 5.32 Å². The lowest BCUT2D eigenvalue weighted by Gasteiger charge is -2.27. The average molecular weight is 286 g/mol. The molecule has 0 fully saturated rings. The number of hydrogen-bond acceptors (Lipinski definition) is 4. The van der Waals surface area contributed by atoms with Crippen molar-refractivity contribution in [1.82, 2.24) is 10.3 Å². The molecule has 0 saturated heterocycles. The van der Waals surface area contributed by atoms with Gasteiger partial charge in [-0.2, -0.15) is 13.2 Å². The van der Waals surface area contributed by atoms with Gasteiger partial charge < -0.3 is 16.1 Å². The molecule has 110 valence electrons. The molecule has 1 aliphatic rings. The highest BCUT2D eigenvalue weighted by molar-refractivity contribution is 5.25. The first-order chi connectivity index (χ1) is 9.38. The summed E-state index contributed by atoms with van der Waals surface area (Å²) in [6, 6.07) is 4.96. The van der Waals surface area contributed by atoms with E-state index in [4.69, 9.17) is 11.6 Å². The van der Waals surface area contributed by atoms with Crippen LogP contribution in [0.2, 0.25) is 0 Å². The minimum absolute atomic E-state index is 0.315. The van der Waals surface area contributed by atoms with Gasteiger partial charge in [0.15, 0.2) is 0 Å². The summed E-state index contributed by atoms with van der Waals surface area (Å²) in [5, 5.41) is 4.63. The smallest absolute Gasteiger partial charge is 0.401 e. The predicted octanol–water partition coefficient (Wildman–Crippen LogP) is 1.54. The molecule has 0 aliphatic carbocycles. The summed E-state index contributed by atoms with van der Waals surface area (Å²) in [6.45, 7) is 1.70. The number of nitrogens with one attached hydrogen (secondary N) is 1. The van der Waals surface area contributed by atoms with E-state index in [1.54, 1.807) is 0 Å². The number of alkyl halides is 3. The number of rotatable bonds is 3. The number of benzene rings is 1. The highest BCUT2D eigenvalue weighted by Crippen LogP contribution is 2.29. The molecule has 0 atom stereocenters. The molecule has 7 heteroatoms. The van der Waals surface area contributed by atoms with E-state index in [9.17, 15) is 13.2 Å². The summed E-state index contributed by atoms with van der Waals surface area (Å²) in [6.07, 6.45) is -3.60. The van der Waals surface area contributed by atoms with Crippen LogP contribution in [0, 0.1) is 0 Å². The van der Waals surface area contributed by atoms with Crippen LogP contribution in [0.5, 0.6) is 0 Å². The Labute approximate surface area is 115 Å². The maximum atomic E-state index is 12.5. The average Bonchev–Trinajstić information content (AvgIpc) is 2.38. The molecular weight excluding hydrogens is 269 g/mol. The van der Waals surface area contributed by atoms with Gasteiger partial charge in [0.1, 0.15) is 0 Å². The van der Waals surface area contributed by atoms with Crippen LogP contribution in [0.25, 0.3) is 0 Å². The van der Waals surface area contributed by atoms with Crippen LogP contribution >= 0.6 is 0 Å². The van der Waals surface area contributed by atoms with E-state index in [1.165, 1.54) is 17.1 Å². The molecule has 5 N–H and O–H groups in total. The number of hydrazine groups is 1. The molecule has 1 aliphatic heterocycles. The lowest BCUT2D eigenvalue weighted by molar-refractivity contribution is -0.137. The van der Waals surface area contributed by atoms with Gasteiger partial charge in [-0.3, -0.25) is 0 Å². The Morgan fingerprint density at radius 2 is 1.85 bits per heavy atom. The Balaban J connectivity index is 2.06. The van der Waals surface area contributed by atoms with E-state index in [0.29, 0.717) is 18.7 Å². The van der Waals surface area contributed by atoms with Crippen molar-refractivity contribution < 1.29 is 13.2 Å². The zero-order valence-electron chi connectivity index (χ0n) is 10.9. The van der Waals surface area contributed by atoms with Crippen molar-refractivity contribution in [3.8, 4) is 0 Å². The van der Waals surface area contributed by atoms with Gasteiger partial charge in [0.05, 0.1) is 17.8 Å². The van der Waals surface area contributed by atoms with Crippen LogP contribution in [-0.2, 0) is 12.7 Å². The SMILES string of the molecule is NC1=C(N(N)Cc2ccc(C(F)(F)F)cc2)CNCC1. The van der Waals surface area contributed by atoms with Crippen LogP contribution in [0.4, 0.5) is 13.2 Å². The molecule has 0 spiro atoms. The molecule has 0 saturated carbocycles. The fraction of sp³-hybridized carbons (Fsp3) is 0.385. The van der Waals surface area contributed by atoms with E-state index in [-0.39, 0.29) is 0 Å². The maximum absolute atomic E-state index is 12.5. The zero-order chi connectivity index (χ0) is 14.8. The van der Waals surface area contributed by atoms with Crippen molar-refractivity contribution in [2.24, 2.45) is 11.6 Å². The highest BCUT2D eigenvalue weighted by atomic mass is 19.4. The molecule has 0 unspecified atom stereocenters. The topological polar surface area (TPSA) is 67.3 Å². The van der Waals surface area contributed by atoms with Crippen LogP contribution in [0.3, 0.4) is 0 Å². The van der Waals surface area contributed by atoms with E-state index in [1.807, 2.05) is 0 Å². The highest BCUT2D eigenvalue weighted by Gasteiger charge is 2.30. The zero-order valence-corrected chi connectivity index (χ0v) is 10.9. The van der Waals surface area contributed by atoms with Crippen molar-refractivity contribution in [1.29, 1.82) is 0 Å². The number of hydrogen-bond donors (Lipinski definition) is 3. The van der Waals surface area contributed by atoms with Gasteiger partial charge in [-0.15, -0.1) is 0 Å². The first-order valence-electron chi connectivity index (χ1n) is 6.24. The molecule has 0 amide bonds. The lowest BCUT2D eigenvalue weighted by atomic mass is 10.1. The Kier molecular flexibility index (Phi) is 4.20. The van der Waals surface area contributed by atoms with Gasteiger partial charge in [0, 0.05) is 25.2 Å². The molecule has 1 heterocycles. The van der Waals surface area contributed by atoms with E-state index < -0.39 is 11.7 Å². The quantitative estimate of drug-likeness (QED) is 0.582. The Hall–Kier alpha value is -1.73. The third kappa shape index (κ3) is 3.43. The molecule has 4 nitrogen and oxygen atoms in total. The van der Waals surface area contributed by atoms with Crippen LogP contribution in [0.15, 0.2) is 35.7 Å². The number of nitrogens with zero attached hydrogens (tertiary/aromatic N) is 1.